The number of sulfonamides is 1. The van der Waals surface area contributed by atoms with Crippen LogP contribution in [0.5, 0.6) is 5.75 Å². The molecule has 0 aliphatic carbocycles. The van der Waals surface area contributed by atoms with Crippen molar-refractivity contribution in [3.8, 4) is 5.75 Å². The first-order valence-corrected chi connectivity index (χ1v) is 15.6. The summed E-state index contributed by atoms with van der Waals surface area (Å²) in [5.41, 5.74) is 1.20. The molecule has 0 aliphatic rings. The average Bonchev–Trinajstić information content (AvgIpc) is 3.03. The van der Waals surface area contributed by atoms with E-state index in [1.807, 2.05) is 30.3 Å². The summed E-state index contributed by atoms with van der Waals surface area (Å²) in [5, 5.41) is 2.88. The third kappa shape index (κ3) is 8.02. The van der Waals surface area contributed by atoms with Gasteiger partial charge < -0.3 is 15.0 Å². The lowest BCUT2D eigenvalue weighted by molar-refractivity contribution is -0.140. The van der Waals surface area contributed by atoms with E-state index >= 15 is 0 Å². The molecule has 0 unspecified atom stereocenters. The van der Waals surface area contributed by atoms with Crippen LogP contribution in [0.25, 0.3) is 0 Å². The first-order valence-electron chi connectivity index (χ1n) is 14.2. The van der Waals surface area contributed by atoms with Crippen molar-refractivity contribution in [1.82, 2.24) is 10.2 Å². The number of hydrogen-bond acceptors (Lipinski definition) is 5. The second-order valence-electron chi connectivity index (χ2n) is 10.5. The Morgan fingerprint density at radius 1 is 0.841 bits per heavy atom. The van der Waals surface area contributed by atoms with Gasteiger partial charge in [-0.15, -0.1) is 0 Å². The van der Waals surface area contributed by atoms with E-state index in [4.69, 9.17) is 4.74 Å². The van der Waals surface area contributed by atoms with Crippen LogP contribution < -0.4 is 14.4 Å². The average molecular weight is 618 g/mol. The molecule has 0 fully saturated rings. The van der Waals surface area contributed by atoms with E-state index in [2.05, 4.69) is 5.32 Å². The van der Waals surface area contributed by atoms with Gasteiger partial charge in [0.1, 0.15) is 24.2 Å². The minimum Gasteiger partial charge on any atom is -0.497 e. The molecule has 4 aromatic carbocycles. The van der Waals surface area contributed by atoms with Gasteiger partial charge in [0.15, 0.2) is 0 Å². The Labute approximate surface area is 258 Å². The van der Waals surface area contributed by atoms with E-state index in [1.54, 1.807) is 62.4 Å². The van der Waals surface area contributed by atoms with E-state index in [0.717, 1.165) is 9.87 Å². The molecule has 2 amide bonds. The van der Waals surface area contributed by atoms with Crippen molar-refractivity contribution in [2.45, 2.75) is 43.8 Å². The van der Waals surface area contributed by atoms with Gasteiger partial charge in [-0.05, 0) is 61.9 Å². The van der Waals surface area contributed by atoms with Crippen molar-refractivity contribution in [3.05, 3.63) is 126 Å². The van der Waals surface area contributed by atoms with E-state index in [1.165, 1.54) is 42.3 Å². The van der Waals surface area contributed by atoms with Crippen LogP contribution in [0.4, 0.5) is 10.1 Å². The highest BCUT2D eigenvalue weighted by Gasteiger charge is 2.35. The van der Waals surface area contributed by atoms with Gasteiger partial charge in [0, 0.05) is 24.6 Å². The predicted molar refractivity (Wildman–Crippen MR) is 168 cm³/mol. The largest absolute Gasteiger partial charge is 0.497 e. The molecule has 4 rings (SSSR count). The van der Waals surface area contributed by atoms with Crippen molar-refractivity contribution in [3.63, 3.8) is 0 Å². The molecule has 230 valence electrons. The maximum atomic E-state index is 15.0. The van der Waals surface area contributed by atoms with Crippen LogP contribution in [0.2, 0.25) is 0 Å². The van der Waals surface area contributed by atoms with Crippen molar-refractivity contribution >= 4 is 27.5 Å². The molecule has 44 heavy (non-hydrogen) atoms. The second kappa shape index (κ2) is 14.7. The first kappa shape index (κ1) is 32.2. The summed E-state index contributed by atoms with van der Waals surface area (Å²) in [6.07, 6.45) is 0.132. The minimum atomic E-state index is -4.24. The van der Waals surface area contributed by atoms with E-state index in [9.17, 15) is 22.4 Å². The lowest BCUT2D eigenvalue weighted by atomic mass is 10.0. The summed E-state index contributed by atoms with van der Waals surface area (Å²) in [6, 6.07) is 27.9. The highest BCUT2D eigenvalue weighted by atomic mass is 32.2. The molecule has 1 atom stereocenters. The molecule has 10 heteroatoms. The number of nitrogens with zero attached hydrogens (tertiary/aromatic N) is 2. The summed E-state index contributed by atoms with van der Waals surface area (Å²) < 4.78 is 49.2. The molecule has 0 saturated heterocycles. The summed E-state index contributed by atoms with van der Waals surface area (Å²) in [4.78, 5) is 29.3. The number of carbonyl (C=O) groups is 2. The zero-order valence-corrected chi connectivity index (χ0v) is 25.7. The minimum absolute atomic E-state index is 0.0114. The summed E-state index contributed by atoms with van der Waals surface area (Å²) in [6.45, 7) is 2.71. The fourth-order valence-corrected chi connectivity index (χ4v) is 6.18. The van der Waals surface area contributed by atoms with Gasteiger partial charge in [0.05, 0.1) is 17.7 Å². The van der Waals surface area contributed by atoms with E-state index in [-0.39, 0.29) is 35.2 Å². The number of carbonyl (C=O) groups excluding carboxylic acids is 2. The van der Waals surface area contributed by atoms with Crippen molar-refractivity contribution < 1.29 is 27.1 Å². The van der Waals surface area contributed by atoms with Gasteiger partial charge in [-0.1, -0.05) is 66.7 Å². The SMILES string of the molecule is COc1ccc(N(CC(=O)N(Cc2ccccc2F)[C@@H](Cc2ccccc2)C(=O)NC(C)C)S(=O)(=O)c2ccccc2)cc1. The van der Waals surface area contributed by atoms with Gasteiger partial charge in [0.25, 0.3) is 10.0 Å². The molecular weight excluding hydrogens is 581 g/mol. The van der Waals surface area contributed by atoms with E-state index in [0.29, 0.717) is 5.75 Å². The third-order valence-corrected chi connectivity index (χ3v) is 8.76. The zero-order chi connectivity index (χ0) is 31.7. The smallest absolute Gasteiger partial charge is 0.264 e. The van der Waals surface area contributed by atoms with Gasteiger partial charge in [-0.3, -0.25) is 13.9 Å². The molecule has 0 saturated carbocycles. The Morgan fingerprint density at radius 3 is 2.02 bits per heavy atom. The van der Waals surface area contributed by atoms with Crippen LogP contribution in [0.1, 0.15) is 25.0 Å². The van der Waals surface area contributed by atoms with Gasteiger partial charge in [-0.2, -0.15) is 0 Å². The summed E-state index contributed by atoms with van der Waals surface area (Å²) in [5.74, 6) is -1.15. The quantitative estimate of drug-likeness (QED) is 0.223. The monoisotopic (exact) mass is 617 g/mol. The molecule has 1 N–H and O–H groups in total. The molecule has 0 heterocycles. The topological polar surface area (TPSA) is 96.0 Å². The molecule has 8 nitrogen and oxygen atoms in total. The lowest BCUT2D eigenvalue weighted by Gasteiger charge is -2.34. The number of halogens is 1. The molecule has 4 aromatic rings. The van der Waals surface area contributed by atoms with Crippen LogP contribution in [-0.4, -0.2) is 50.9 Å². The number of ether oxygens (including phenoxy) is 1. The first-order chi connectivity index (χ1) is 21.1. The number of methoxy groups -OCH3 is 1. The van der Waals surface area contributed by atoms with Crippen LogP contribution in [0, 0.1) is 5.82 Å². The maximum absolute atomic E-state index is 15.0. The van der Waals surface area contributed by atoms with Crippen LogP contribution in [0.3, 0.4) is 0 Å². The highest BCUT2D eigenvalue weighted by molar-refractivity contribution is 7.92. The summed E-state index contributed by atoms with van der Waals surface area (Å²) >= 11 is 0. The fourth-order valence-electron chi connectivity index (χ4n) is 4.74. The zero-order valence-electron chi connectivity index (χ0n) is 24.9. The molecule has 0 aromatic heterocycles. The van der Waals surface area contributed by atoms with Gasteiger partial charge in [-0.25, -0.2) is 12.8 Å². The molecule has 0 bridgehead atoms. The standard InChI is InChI=1S/C34H36FN3O5S/c1-25(2)36-34(40)32(22-26-12-6-4-7-13-26)37(23-27-14-10-11-17-31(27)35)33(39)24-38(28-18-20-29(43-3)21-19-28)44(41,42)30-15-8-5-9-16-30/h4-21,25,32H,22-24H2,1-3H3,(H,36,40)/t32-/m0/s1. The molecule has 0 spiro atoms. The number of rotatable bonds is 13. The number of amides is 2. The van der Waals surface area contributed by atoms with Crippen molar-refractivity contribution in [1.29, 1.82) is 0 Å². The second-order valence-corrected chi connectivity index (χ2v) is 12.4. The lowest BCUT2D eigenvalue weighted by Crippen LogP contribution is -2.54. The normalized spacial score (nSPS) is 11.9. The van der Waals surface area contributed by atoms with Crippen LogP contribution in [-0.2, 0) is 32.6 Å². The van der Waals surface area contributed by atoms with Crippen LogP contribution >= 0.6 is 0 Å². The predicted octanol–water partition coefficient (Wildman–Crippen LogP) is 5.19. The number of nitrogens with one attached hydrogen (secondary N) is 1. The van der Waals surface area contributed by atoms with Crippen molar-refractivity contribution in [2.24, 2.45) is 0 Å². The Morgan fingerprint density at radius 2 is 1.43 bits per heavy atom. The van der Waals surface area contributed by atoms with Gasteiger partial charge >= 0.3 is 0 Å². The van der Waals surface area contributed by atoms with Crippen LogP contribution in [0.15, 0.2) is 114 Å². The highest BCUT2D eigenvalue weighted by Crippen LogP contribution is 2.27. The fraction of sp³-hybridized carbons (Fsp3) is 0.235. The Bertz CT molecular complexity index is 1650. The summed E-state index contributed by atoms with van der Waals surface area (Å²) in [7, 11) is -2.74. The molecule has 0 aliphatic heterocycles. The Kier molecular flexibility index (Phi) is 10.7. The van der Waals surface area contributed by atoms with Gasteiger partial charge in [0.2, 0.25) is 11.8 Å². The molecule has 0 radical (unpaired) electrons. The van der Waals surface area contributed by atoms with Crippen molar-refractivity contribution in [2.75, 3.05) is 18.0 Å². The number of benzene rings is 4. The third-order valence-electron chi connectivity index (χ3n) is 6.97. The molecular formula is C34H36FN3O5S. The number of anilines is 1. The maximum Gasteiger partial charge on any atom is 0.264 e. The Hall–Kier alpha value is -4.70. The van der Waals surface area contributed by atoms with E-state index < -0.39 is 40.2 Å². The number of hydrogen-bond donors (Lipinski definition) is 1. The Balaban J connectivity index is 1.81.